The van der Waals surface area contributed by atoms with Crippen molar-refractivity contribution in [3.05, 3.63) is 36.3 Å². The SMILES string of the molecule is [CH]c1cc(Cl)nnc1[CH]. The molecule has 0 bridgehead atoms. The summed E-state index contributed by atoms with van der Waals surface area (Å²) in [6, 6.07) is 1.45. The van der Waals surface area contributed by atoms with Crippen LogP contribution in [0.2, 0.25) is 5.15 Å². The summed E-state index contributed by atoms with van der Waals surface area (Å²) in [5, 5.41) is 7.15. The minimum atomic E-state index is 0.208. The molecule has 0 aliphatic rings. The second-order valence-electron chi connectivity index (χ2n) is 1.51. The predicted molar refractivity (Wildman–Crippen MR) is 33.8 cm³/mol. The standard InChI is InChI=1S/C6H3ClN2/c1-4-3-6(7)9-8-5(4)2/h1-3H. The normalized spacial score (nSPS) is 9.67. The van der Waals surface area contributed by atoms with E-state index in [4.69, 9.17) is 25.4 Å². The summed E-state index contributed by atoms with van der Waals surface area (Å²) in [6.45, 7) is 10.5. The molecule has 0 fully saturated rings. The van der Waals surface area contributed by atoms with Crippen LogP contribution in [0.4, 0.5) is 0 Å². The molecule has 1 aromatic rings. The van der Waals surface area contributed by atoms with E-state index in [9.17, 15) is 0 Å². The summed E-state index contributed by atoms with van der Waals surface area (Å²) in [4.78, 5) is 0. The maximum Gasteiger partial charge on any atom is 0.152 e. The van der Waals surface area contributed by atoms with Crippen LogP contribution in [0.5, 0.6) is 0 Å². The Morgan fingerprint density at radius 2 is 2.00 bits per heavy atom. The zero-order valence-corrected chi connectivity index (χ0v) is 5.26. The van der Waals surface area contributed by atoms with E-state index in [1.807, 2.05) is 0 Å². The van der Waals surface area contributed by atoms with E-state index in [0.717, 1.165) is 0 Å². The van der Waals surface area contributed by atoms with Crippen molar-refractivity contribution in [2.75, 3.05) is 0 Å². The van der Waals surface area contributed by atoms with Crippen molar-refractivity contribution in [1.29, 1.82) is 0 Å². The van der Waals surface area contributed by atoms with Gasteiger partial charge < -0.3 is 0 Å². The summed E-state index contributed by atoms with van der Waals surface area (Å²) in [5.41, 5.74) is 0.564. The molecule has 0 spiro atoms. The molecule has 0 saturated carbocycles. The summed E-state index contributed by atoms with van der Waals surface area (Å²) < 4.78 is 0. The van der Waals surface area contributed by atoms with Crippen molar-refractivity contribution in [3.8, 4) is 0 Å². The molecule has 0 amide bonds. The first kappa shape index (κ1) is 6.49. The summed E-state index contributed by atoms with van der Waals surface area (Å²) in [7, 11) is 0. The highest BCUT2D eigenvalue weighted by molar-refractivity contribution is 6.29. The van der Waals surface area contributed by atoms with Crippen LogP contribution < -0.4 is 0 Å². The topological polar surface area (TPSA) is 25.8 Å². The average Bonchev–Trinajstić information content (AvgIpc) is 1.80. The van der Waals surface area contributed by atoms with E-state index in [-0.39, 0.29) is 10.8 Å². The molecule has 1 rings (SSSR count). The Hall–Kier alpha value is -0.630. The van der Waals surface area contributed by atoms with Crippen LogP contribution in [0.25, 0.3) is 0 Å². The molecule has 0 unspecified atom stereocenters. The lowest BCUT2D eigenvalue weighted by Crippen LogP contribution is -1.89. The van der Waals surface area contributed by atoms with Crippen LogP contribution >= 0.6 is 11.6 Å². The summed E-state index contributed by atoms with van der Waals surface area (Å²) in [5.74, 6) is 0. The molecule has 0 aromatic carbocycles. The van der Waals surface area contributed by atoms with Gasteiger partial charge in [0, 0.05) is 13.8 Å². The molecule has 1 aromatic heterocycles. The Balaban J connectivity index is 3.17. The fourth-order valence-electron chi connectivity index (χ4n) is 0.390. The van der Waals surface area contributed by atoms with E-state index in [1.165, 1.54) is 6.07 Å². The van der Waals surface area contributed by atoms with Crippen molar-refractivity contribution >= 4 is 11.6 Å². The van der Waals surface area contributed by atoms with Crippen LogP contribution in [-0.2, 0) is 0 Å². The fourth-order valence-corrected chi connectivity index (χ4v) is 0.546. The first-order chi connectivity index (χ1) is 4.20. The number of aromatic nitrogens is 2. The van der Waals surface area contributed by atoms with Gasteiger partial charge >= 0.3 is 0 Å². The van der Waals surface area contributed by atoms with Gasteiger partial charge in [0.2, 0.25) is 0 Å². The molecule has 0 aliphatic heterocycles. The molecule has 9 heavy (non-hydrogen) atoms. The van der Waals surface area contributed by atoms with Crippen LogP contribution in [0, 0.1) is 13.8 Å². The van der Waals surface area contributed by atoms with Gasteiger partial charge in [-0.05, 0) is 11.6 Å². The van der Waals surface area contributed by atoms with Gasteiger partial charge in [-0.25, -0.2) is 0 Å². The number of nitrogens with zero attached hydrogens (tertiary/aromatic N) is 2. The number of hydrogen-bond donors (Lipinski definition) is 0. The van der Waals surface area contributed by atoms with Gasteiger partial charge in [0.25, 0.3) is 0 Å². The Bertz CT molecular complexity index is 222. The second-order valence-corrected chi connectivity index (χ2v) is 1.89. The number of halogens is 1. The Morgan fingerprint density at radius 1 is 1.33 bits per heavy atom. The van der Waals surface area contributed by atoms with E-state index >= 15 is 0 Å². The van der Waals surface area contributed by atoms with Gasteiger partial charge in [-0.3, -0.25) is 0 Å². The largest absolute Gasteiger partial charge is 0.154 e. The Kier molecular flexibility index (Phi) is 1.67. The second kappa shape index (κ2) is 2.31. The average molecular weight is 139 g/mol. The van der Waals surface area contributed by atoms with E-state index in [1.54, 1.807) is 0 Å². The highest BCUT2D eigenvalue weighted by atomic mass is 35.5. The van der Waals surface area contributed by atoms with E-state index in [2.05, 4.69) is 10.2 Å². The Labute approximate surface area is 58.9 Å². The van der Waals surface area contributed by atoms with Crippen molar-refractivity contribution in [2.45, 2.75) is 0 Å². The zero-order valence-electron chi connectivity index (χ0n) is 4.50. The third-order valence-electron chi connectivity index (χ3n) is 0.824. The molecule has 44 valence electrons. The predicted octanol–water partition coefficient (Wildman–Crippen LogP) is 1.25. The van der Waals surface area contributed by atoms with E-state index in [0.29, 0.717) is 5.56 Å². The number of rotatable bonds is 0. The molecule has 1 heterocycles. The molecule has 0 N–H and O–H groups in total. The van der Waals surface area contributed by atoms with Crippen molar-refractivity contribution in [1.82, 2.24) is 10.2 Å². The fraction of sp³-hybridized carbons (Fsp3) is 0. The molecule has 3 heteroatoms. The van der Waals surface area contributed by atoms with Crippen molar-refractivity contribution < 1.29 is 0 Å². The van der Waals surface area contributed by atoms with Crippen molar-refractivity contribution in [2.24, 2.45) is 0 Å². The third-order valence-corrected chi connectivity index (χ3v) is 1.01. The van der Waals surface area contributed by atoms with Crippen LogP contribution in [0.1, 0.15) is 11.3 Å². The van der Waals surface area contributed by atoms with Gasteiger partial charge in [-0.1, -0.05) is 11.6 Å². The lowest BCUT2D eigenvalue weighted by Gasteiger charge is -1.93. The maximum absolute atomic E-state index is 5.41. The zero-order chi connectivity index (χ0) is 6.85. The first-order valence-corrected chi connectivity index (χ1v) is 2.62. The van der Waals surface area contributed by atoms with Gasteiger partial charge in [-0.2, -0.15) is 5.10 Å². The van der Waals surface area contributed by atoms with Crippen LogP contribution in [0.15, 0.2) is 6.07 Å². The highest BCUT2D eigenvalue weighted by Crippen LogP contribution is 2.06. The highest BCUT2D eigenvalue weighted by Gasteiger charge is 1.94. The minimum absolute atomic E-state index is 0.208. The van der Waals surface area contributed by atoms with Gasteiger partial charge in [0.15, 0.2) is 5.15 Å². The summed E-state index contributed by atoms with van der Waals surface area (Å²) >= 11 is 5.41. The van der Waals surface area contributed by atoms with Crippen molar-refractivity contribution in [3.63, 3.8) is 0 Å². The lowest BCUT2D eigenvalue weighted by molar-refractivity contribution is 0.998. The smallest absolute Gasteiger partial charge is 0.152 e. The van der Waals surface area contributed by atoms with Crippen LogP contribution in [0.3, 0.4) is 0 Å². The molecule has 0 aliphatic carbocycles. The molecule has 4 radical (unpaired) electrons. The third kappa shape index (κ3) is 1.39. The van der Waals surface area contributed by atoms with Gasteiger partial charge in [0.1, 0.15) is 0 Å². The molecule has 0 atom stereocenters. The first-order valence-electron chi connectivity index (χ1n) is 2.24. The monoisotopic (exact) mass is 138 g/mol. The maximum atomic E-state index is 5.41. The van der Waals surface area contributed by atoms with Gasteiger partial charge in [0.05, 0.1) is 5.69 Å². The molecular formula is C6H3ClN2. The molecule has 0 saturated heterocycles. The summed E-state index contributed by atoms with van der Waals surface area (Å²) in [6.07, 6.45) is 0. The lowest BCUT2D eigenvalue weighted by atomic mass is 10.3. The minimum Gasteiger partial charge on any atom is -0.154 e. The molecule has 2 nitrogen and oxygen atoms in total. The quantitative estimate of drug-likeness (QED) is 0.539. The molecular weight excluding hydrogens is 136 g/mol. The van der Waals surface area contributed by atoms with E-state index < -0.39 is 0 Å². The Morgan fingerprint density at radius 3 is 2.44 bits per heavy atom. The number of hydrogen-bond acceptors (Lipinski definition) is 2. The van der Waals surface area contributed by atoms with Gasteiger partial charge in [-0.15, -0.1) is 5.10 Å². The van der Waals surface area contributed by atoms with Crippen LogP contribution in [-0.4, -0.2) is 10.2 Å².